The monoisotopic (exact) mass is 282 g/mol. The highest BCUT2D eigenvalue weighted by atomic mass is 16.5. The lowest BCUT2D eigenvalue weighted by Gasteiger charge is -2.31. The molecular weight excluding hydrogens is 256 g/mol. The first-order chi connectivity index (χ1) is 9.68. The SMILES string of the molecule is CCC1CCCC(NCCCN=[N+]=[N-])(C(=O)OC)CC1. The summed E-state index contributed by atoms with van der Waals surface area (Å²) < 4.78 is 5.01. The van der Waals surface area contributed by atoms with Gasteiger partial charge in [-0.15, -0.1) is 0 Å². The minimum Gasteiger partial charge on any atom is -0.468 e. The van der Waals surface area contributed by atoms with E-state index in [-0.39, 0.29) is 5.97 Å². The van der Waals surface area contributed by atoms with Crippen LogP contribution in [0.2, 0.25) is 0 Å². The van der Waals surface area contributed by atoms with Crippen molar-refractivity contribution in [3.8, 4) is 0 Å². The Morgan fingerprint density at radius 2 is 2.30 bits per heavy atom. The van der Waals surface area contributed by atoms with Gasteiger partial charge in [0.05, 0.1) is 7.11 Å². The molecule has 114 valence electrons. The summed E-state index contributed by atoms with van der Waals surface area (Å²) in [5.74, 6) is 0.560. The highest BCUT2D eigenvalue weighted by molar-refractivity contribution is 5.80. The van der Waals surface area contributed by atoms with Crippen molar-refractivity contribution in [1.82, 2.24) is 5.32 Å². The summed E-state index contributed by atoms with van der Waals surface area (Å²) in [7, 11) is 1.45. The number of ether oxygens (including phenoxy) is 1. The van der Waals surface area contributed by atoms with Crippen LogP contribution in [0.5, 0.6) is 0 Å². The van der Waals surface area contributed by atoms with Crippen LogP contribution >= 0.6 is 0 Å². The summed E-state index contributed by atoms with van der Waals surface area (Å²) in [6.07, 6.45) is 6.88. The van der Waals surface area contributed by atoms with E-state index in [0.29, 0.717) is 19.0 Å². The number of carbonyl (C=O) groups is 1. The van der Waals surface area contributed by atoms with E-state index in [4.69, 9.17) is 10.3 Å². The fourth-order valence-corrected chi connectivity index (χ4v) is 2.99. The lowest BCUT2D eigenvalue weighted by atomic mass is 9.89. The standard InChI is InChI=1S/C14H26N4O2/c1-3-12-6-4-8-14(9-7-12,13(19)20-2)16-10-5-11-17-18-15/h12,16H,3-11H2,1-2H3. The van der Waals surface area contributed by atoms with Crippen molar-refractivity contribution in [3.05, 3.63) is 10.4 Å². The molecule has 6 heteroatoms. The van der Waals surface area contributed by atoms with E-state index in [1.54, 1.807) is 0 Å². The summed E-state index contributed by atoms with van der Waals surface area (Å²) in [6, 6.07) is 0. The van der Waals surface area contributed by atoms with E-state index in [1.165, 1.54) is 20.0 Å². The largest absolute Gasteiger partial charge is 0.468 e. The average Bonchev–Trinajstić information content (AvgIpc) is 2.69. The lowest BCUT2D eigenvalue weighted by Crippen LogP contribution is -2.52. The van der Waals surface area contributed by atoms with Gasteiger partial charge in [0.1, 0.15) is 5.54 Å². The molecule has 0 aromatic rings. The number of rotatable bonds is 7. The van der Waals surface area contributed by atoms with Crippen molar-refractivity contribution >= 4 is 5.97 Å². The number of carbonyl (C=O) groups excluding carboxylic acids is 1. The van der Waals surface area contributed by atoms with Gasteiger partial charge in [0, 0.05) is 11.5 Å². The van der Waals surface area contributed by atoms with Gasteiger partial charge >= 0.3 is 5.97 Å². The van der Waals surface area contributed by atoms with Crippen LogP contribution in [0.25, 0.3) is 10.4 Å². The molecule has 6 nitrogen and oxygen atoms in total. The molecule has 0 aromatic heterocycles. The third-order valence-corrected chi connectivity index (χ3v) is 4.31. The van der Waals surface area contributed by atoms with Crippen LogP contribution in [0, 0.1) is 5.92 Å². The normalized spacial score (nSPS) is 26.4. The molecule has 1 N–H and O–H groups in total. The number of hydrogen-bond acceptors (Lipinski definition) is 4. The molecule has 0 spiro atoms. The Hall–Kier alpha value is -1.26. The second-order valence-electron chi connectivity index (χ2n) is 5.51. The molecule has 1 saturated carbocycles. The van der Waals surface area contributed by atoms with Crippen LogP contribution in [0.4, 0.5) is 0 Å². The molecule has 2 unspecified atom stereocenters. The molecule has 0 bridgehead atoms. The van der Waals surface area contributed by atoms with Gasteiger partial charge in [-0.3, -0.25) is 4.79 Å². The van der Waals surface area contributed by atoms with Gasteiger partial charge in [-0.25, -0.2) is 0 Å². The van der Waals surface area contributed by atoms with Crippen LogP contribution < -0.4 is 5.32 Å². The van der Waals surface area contributed by atoms with E-state index in [0.717, 1.165) is 32.1 Å². The summed E-state index contributed by atoms with van der Waals surface area (Å²) in [6.45, 7) is 3.34. The van der Waals surface area contributed by atoms with Crippen LogP contribution in [0.1, 0.15) is 51.9 Å². The summed E-state index contributed by atoms with van der Waals surface area (Å²) in [5, 5.41) is 6.88. The van der Waals surface area contributed by atoms with Gasteiger partial charge in [-0.1, -0.05) is 31.3 Å². The van der Waals surface area contributed by atoms with Crippen molar-refractivity contribution in [1.29, 1.82) is 0 Å². The first kappa shape index (κ1) is 16.8. The molecule has 0 aromatic carbocycles. The van der Waals surface area contributed by atoms with Crippen LogP contribution in [-0.2, 0) is 9.53 Å². The fraction of sp³-hybridized carbons (Fsp3) is 0.929. The zero-order valence-electron chi connectivity index (χ0n) is 12.6. The van der Waals surface area contributed by atoms with E-state index >= 15 is 0 Å². The molecule has 1 aliphatic carbocycles. The van der Waals surface area contributed by atoms with Gasteiger partial charge in [0.25, 0.3) is 0 Å². The van der Waals surface area contributed by atoms with E-state index in [9.17, 15) is 4.79 Å². The van der Waals surface area contributed by atoms with Crippen LogP contribution in [0.3, 0.4) is 0 Å². The number of nitrogens with one attached hydrogen (secondary N) is 1. The zero-order chi connectivity index (χ0) is 14.8. The van der Waals surface area contributed by atoms with Crippen LogP contribution in [0.15, 0.2) is 5.11 Å². The zero-order valence-corrected chi connectivity index (χ0v) is 12.6. The number of azide groups is 1. The predicted molar refractivity (Wildman–Crippen MR) is 78.2 cm³/mol. The third kappa shape index (κ3) is 4.69. The molecular formula is C14H26N4O2. The Balaban J connectivity index is 2.61. The Morgan fingerprint density at radius 1 is 1.50 bits per heavy atom. The van der Waals surface area contributed by atoms with Gasteiger partial charge in [-0.05, 0) is 43.7 Å². The van der Waals surface area contributed by atoms with Gasteiger partial charge in [0.15, 0.2) is 0 Å². The summed E-state index contributed by atoms with van der Waals surface area (Å²) in [5.41, 5.74) is 7.70. The first-order valence-electron chi connectivity index (χ1n) is 7.53. The van der Waals surface area contributed by atoms with Gasteiger partial charge in [-0.2, -0.15) is 0 Å². The molecule has 0 radical (unpaired) electrons. The smallest absolute Gasteiger partial charge is 0.326 e. The topological polar surface area (TPSA) is 87.1 Å². The second-order valence-corrected chi connectivity index (χ2v) is 5.51. The van der Waals surface area contributed by atoms with Crippen molar-refractivity contribution in [3.63, 3.8) is 0 Å². The van der Waals surface area contributed by atoms with Crippen LogP contribution in [-0.4, -0.2) is 31.7 Å². The molecule has 20 heavy (non-hydrogen) atoms. The highest BCUT2D eigenvalue weighted by Gasteiger charge is 2.40. The Morgan fingerprint density at radius 3 is 2.95 bits per heavy atom. The Bertz CT molecular complexity index is 355. The minimum absolute atomic E-state index is 0.155. The molecule has 0 aliphatic heterocycles. The number of nitrogens with zero attached hydrogens (tertiary/aromatic N) is 3. The van der Waals surface area contributed by atoms with Crippen molar-refractivity contribution < 1.29 is 9.53 Å². The lowest BCUT2D eigenvalue weighted by molar-refractivity contribution is -0.149. The number of esters is 1. The Kier molecular flexibility index (Phi) is 7.41. The quantitative estimate of drug-likeness (QED) is 0.194. The maximum absolute atomic E-state index is 12.2. The molecule has 1 rings (SSSR count). The molecule has 1 fully saturated rings. The average molecular weight is 282 g/mol. The first-order valence-corrected chi connectivity index (χ1v) is 7.53. The summed E-state index contributed by atoms with van der Waals surface area (Å²) >= 11 is 0. The molecule has 0 heterocycles. The predicted octanol–water partition coefficient (Wildman–Crippen LogP) is 3.18. The number of hydrogen-bond donors (Lipinski definition) is 1. The second kappa shape index (κ2) is 8.82. The third-order valence-electron chi connectivity index (χ3n) is 4.31. The summed E-state index contributed by atoms with van der Waals surface area (Å²) in [4.78, 5) is 14.9. The fourth-order valence-electron chi connectivity index (χ4n) is 2.99. The van der Waals surface area contributed by atoms with Crippen molar-refractivity contribution in [2.24, 2.45) is 11.0 Å². The van der Waals surface area contributed by atoms with E-state index < -0.39 is 5.54 Å². The molecule has 1 aliphatic rings. The maximum atomic E-state index is 12.2. The Labute approximate surface area is 120 Å². The van der Waals surface area contributed by atoms with Gasteiger partial charge in [0.2, 0.25) is 0 Å². The van der Waals surface area contributed by atoms with E-state index in [1.807, 2.05) is 0 Å². The molecule has 2 atom stereocenters. The minimum atomic E-state index is -0.547. The molecule has 0 amide bonds. The maximum Gasteiger partial charge on any atom is 0.326 e. The van der Waals surface area contributed by atoms with E-state index in [2.05, 4.69) is 22.3 Å². The highest BCUT2D eigenvalue weighted by Crippen LogP contribution is 2.32. The van der Waals surface area contributed by atoms with Crippen molar-refractivity contribution in [2.45, 2.75) is 57.4 Å². The van der Waals surface area contributed by atoms with Crippen molar-refractivity contribution in [2.75, 3.05) is 20.2 Å². The van der Waals surface area contributed by atoms with Gasteiger partial charge < -0.3 is 10.1 Å². The number of methoxy groups -OCH3 is 1. The molecule has 0 saturated heterocycles.